The van der Waals surface area contributed by atoms with Gasteiger partial charge in [0.25, 0.3) is 0 Å². The summed E-state index contributed by atoms with van der Waals surface area (Å²) in [7, 11) is 0. The molecular formula is C18H15ClN4O2S2. The van der Waals surface area contributed by atoms with Gasteiger partial charge in [0, 0.05) is 34.5 Å². The Labute approximate surface area is 168 Å². The lowest BCUT2D eigenvalue weighted by molar-refractivity contribution is -0.117. The SMILES string of the molecule is O=C(Cc1cccs1)Nc1nnc([C@H]2CC(=O)N(c3ccc(Cl)cc3)C2)s1. The number of nitrogens with zero attached hydrogens (tertiary/aromatic N) is 3. The molecule has 2 amide bonds. The average molecular weight is 419 g/mol. The highest BCUT2D eigenvalue weighted by Crippen LogP contribution is 2.34. The average Bonchev–Trinajstić information content (AvgIpc) is 3.37. The van der Waals surface area contributed by atoms with Gasteiger partial charge in [0.05, 0.1) is 6.42 Å². The molecule has 1 fully saturated rings. The molecule has 4 rings (SSSR count). The van der Waals surface area contributed by atoms with Crippen molar-refractivity contribution in [3.05, 3.63) is 56.7 Å². The maximum Gasteiger partial charge on any atom is 0.231 e. The summed E-state index contributed by atoms with van der Waals surface area (Å²) < 4.78 is 0. The van der Waals surface area contributed by atoms with Gasteiger partial charge in [-0.3, -0.25) is 9.59 Å². The molecule has 1 N–H and O–H groups in total. The Morgan fingerprint density at radius 1 is 1.26 bits per heavy atom. The number of hydrogen-bond donors (Lipinski definition) is 1. The van der Waals surface area contributed by atoms with E-state index in [1.165, 1.54) is 11.3 Å². The predicted molar refractivity (Wildman–Crippen MR) is 108 cm³/mol. The van der Waals surface area contributed by atoms with Gasteiger partial charge in [0.15, 0.2) is 0 Å². The zero-order valence-corrected chi connectivity index (χ0v) is 16.5. The Morgan fingerprint density at radius 3 is 2.81 bits per heavy atom. The first-order valence-electron chi connectivity index (χ1n) is 8.30. The minimum Gasteiger partial charge on any atom is -0.312 e. The number of carbonyl (C=O) groups excluding carboxylic acids is 2. The van der Waals surface area contributed by atoms with Crippen LogP contribution in [0.15, 0.2) is 41.8 Å². The Kier molecular flexibility index (Phi) is 5.20. The molecule has 6 nitrogen and oxygen atoms in total. The number of carbonyl (C=O) groups is 2. The molecule has 1 aliphatic rings. The molecule has 3 heterocycles. The van der Waals surface area contributed by atoms with Crippen LogP contribution in [0.5, 0.6) is 0 Å². The van der Waals surface area contributed by atoms with Gasteiger partial charge in [-0.05, 0) is 35.7 Å². The number of benzene rings is 1. The third kappa shape index (κ3) is 4.18. The van der Waals surface area contributed by atoms with E-state index in [4.69, 9.17) is 11.6 Å². The molecule has 0 radical (unpaired) electrons. The Hall–Kier alpha value is -2.29. The fourth-order valence-corrected chi connectivity index (χ4v) is 4.61. The molecule has 0 spiro atoms. The van der Waals surface area contributed by atoms with Crippen LogP contribution >= 0.6 is 34.3 Å². The summed E-state index contributed by atoms with van der Waals surface area (Å²) in [4.78, 5) is 27.2. The second kappa shape index (κ2) is 7.75. The van der Waals surface area contributed by atoms with Crippen LogP contribution in [0.25, 0.3) is 0 Å². The first-order chi connectivity index (χ1) is 13.1. The van der Waals surface area contributed by atoms with Gasteiger partial charge in [0.2, 0.25) is 16.9 Å². The zero-order valence-electron chi connectivity index (χ0n) is 14.1. The first kappa shape index (κ1) is 18.1. The van der Waals surface area contributed by atoms with Crippen molar-refractivity contribution in [2.24, 2.45) is 0 Å². The molecule has 0 saturated carbocycles. The van der Waals surface area contributed by atoms with Crippen molar-refractivity contribution in [2.75, 3.05) is 16.8 Å². The largest absolute Gasteiger partial charge is 0.312 e. The maximum atomic E-state index is 12.4. The van der Waals surface area contributed by atoms with Gasteiger partial charge in [-0.15, -0.1) is 21.5 Å². The van der Waals surface area contributed by atoms with E-state index >= 15 is 0 Å². The van der Waals surface area contributed by atoms with Gasteiger partial charge in [-0.25, -0.2) is 0 Å². The molecule has 1 aromatic carbocycles. The third-order valence-electron chi connectivity index (χ3n) is 4.21. The van der Waals surface area contributed by atoms with Crippen LogP contribution in [-0.4, -0.2) is 28.6 Å². The molecule has 27 heavy (non-hydrogen) atoms. The van der Waals surface area contributed by atoms with Crippen molar-refractivity contribution in [2.45, 2.75) is 18.8 Å². The van der Waals surface area contributed by atoms with E-state index in [2.05, 4.69) is 15.5 Å². The zero-order chi connectivity index (χ0) is 18.8. The highest BCUT2D eigenvalue weighted by molar-refractivity contribution is 7.15. The molecule has 1 aliphatic heterocycles. The number of aromatic nitrogens is 2. The number of thiophene rings is 1. The molecule has 0 unspecified atom stereocenters. The molecule has 1 saturated heterocycles. The van der Waals surface area contributed by atoms with Gasteiger partial charge in [-0.2, -0.15) is 0 Å². The van der Waals surface area contributed by atoms with E-state index in [1.807, 2.05) is 29.6 Å². The number of anilines is 2. The van der Waals surface area contributed by atoms with Gasteiger partial charge >= 0.3 is 0 Å². The smallest absolute Gasteiger partial charge is 0.231 e. The van der Waals surface area contributed by atoms with Crippen molar-refractivity contribution >= 4 is 56.9 Å². The lowest BCUT2D eigenvalue weighted by Gasteiger charge is -2.16. The fourth-order valence-electron chi connectivity index (χ4n) is 2.93. The topological polar surface area (TPSA) is 75.2 Å². The van der Waals surface area contributed by atoms with Crippen molar-refractivity contribution in [3.8, 4) is 0 Å². The van der Waals surface area contributed by atoms with E-state index < -0.39 is 0 Å². The van der Waals surface area contributed by atoms with Crippen LogP contribution in [0.1, 0.15) is 22.2 Å². The Bertz CT molecular complexity index is 956. The normalized spacial score (nSPS) is 16.7. The van der Waals surface area contributed by atoms with Crippen LogP contribution in [0, 0.1) is 0 Å². The summed E-state index contributed by atoms with van der Waals surface area (Å²) in [6.45, 7) is 0.540. The standard InChI is InChI=1S/C18H15ClN4O2S2/c19-12-3-5-13(6-4-12)23-10-11(8-16(23)25)17-21-22-18(27-17)20-15(24)9-14-2-1-7-26-14/h1-7,11H,8-10H2,(H,20,22,24)/t11-/m0/s1. The minimum absolute atomic E-state index is 0.0337. The Balaban J connectivity index is 1.40. The first-order valence-corrected chi connectivity index (χ1v) is 10.4. The van der Waals surface area contributed by atoms with Crippen LogP contribution in [0.4, 0.5) is 10.8 Å². The minimum atomic E-state index is -0.120. The van der Waals surface area contributed by atoms with Crippen LogP contribution in [0.3, 0.4) is 0 Å². The lowest BCUT2D eigenvalue weighted by atomic mass is 10.1. The summed E-state index contributed by atoms with van der Waals surface area (Å²) in [6.07, 6.45) is 0.694. The monoisotopic (exact) mass is 418 g/mol. The van der Waals surface area contributed by atoms with E-state index in [0.29, 0.717) is 29.5 Å². The van der Waals surface area contributed by atoms with Crippen LogP contribution in [0.2, 0.25) is 5.02 Å². The van der Waals surface area contributed by atoms with E-state index in [-0.39, 0.29) is 17.7 Å². The number of amides is 2. The van der Waals surface area contributed by atoms with Gasteiger partial charge in [-0.1, -0.05) is 29.0 Å². The van der Waals surface area contributed by atoms with Crippen molar-refractivity contribution in [3.63, 3.8) is 0 Å². The second-order valence-corrected chi connectivity index (χ2v) is 8.61. The molecule has 9 heteroatoms. The van der Waals surface area contributed by atoms with E-state index in [1.54, 1.807) is 28.4 Å². The number of nitrogens with one attached hydrogen (secondary N) is 1. The maximum absolute atomic E-state index is 12.4. The number of hydrogen-bond acceptors (Lipinski definition) is 6. The van der Waals surface area contributed by atoms with Crippen LogP contribution < -0.4 is 10.2 Å². The van der Waals surface area contributed by atoms with Gasteiger partial charge < -0.3 is 10.2 Å². The molecule has 138 valence electrons. The highest BCUT2D eigenvalue weighted by atomic mass is 35.5. The molecule has 0 bridgehead atoms. The quantitative estimate of drug-likeness (QED) is 0.680. The van der Waals surface area contributed by atoms with Crippen molar-refractivity contribution in [1.82, 2.24) is 10.2 Å². The fraction of sp³-hybridized carbons (Fsp3) is 0.222. The molecular weight excluding hydrogens is 404 g/mol. The summed E-state index contributed by atoms with van der Waals surface area (Å²) in [5.41, 5.74) is 0.820. The molecule has 0 aliphatic carbocycles. The van der Waals surface area contributed by atoms with E-state index in [9.17, 15) is 9.59 Å². The predicted octanol–water partition coefficient (Wildman–Crippen LogP) is 3.95. The Morgan fingerprint density at radius 2 is 2.07 bits per heavy atom. The summed E-state index contributed by atoms with van der Waals surface area (Å²) in [5, 5.41) is 14.8. The molecule has 2 aromatic heterocycles. The van der Waals surface area contributed by atoms with E-state index in [0.717, 1.165) is 15.6 Å². The number of rotatable bonds is 5. The van der Waals surface area contributed by atoms with Crippen LogP contribution in [-0.2, 0) is 16.0 Å². The van der Waals surface area contributed by atoms with Crippen molar-refractivity contribution < 1.29 is 9.59 Å². The van der Waals surface area contributed by atoms with Gasteiger partial charge in [0.1, 0.15) is 5.01 Å². The molecule has 3 aromatic rings. The highest BCUT2D eigenvalue weighted by Gasteiger charge is 2.34. The third-order valence-corrected chi connectivity index (χ3v) is 6.34. The summed E-state index contributed by atoms with van der Waals surface area (Å²) in [5.74, 6) is -0.111. The summed E-state index contributed by atoms with van der Waals surface area (Å²) in [6, 6.07) is 11.0. The number of halogens is 1. The van der Waals surface area contributed by atoms with Crippen molar-refractivity contribution in [1.29, 1.82) is 0 Å². The molecule has 1 atom stereocenters. The lowest BCUT2D eigenvalue weighted by Crippen LogP contribution is -2.24. The summed E-state index contributed by atoms with van der Waals surface area (Å²) >= 11 is 8.78. The second-order valence-electron chi connectivity index (χ2n) is 6.13.